The van der Waals surface area contributed by atoms with Crippen LogP contribution in [0.2, 0.25) is 0 Å². The van der Waals surface area contributed by atoms with Crippen LogP contribution in [0.5, 0.6) is 5.75 Å². The Labute approximate surface area is 152 Å². The van der Waals surface area contributed by atoms with Crippen LogP contribution in [0.15, 0.2) is 35.4 Å². The van der Waals surface area contributed by atoms with E-state index in [2.05, 4.69) is 33.4 Å². The van der Waals surface area contributed by atoms with Gasteiger partial charge in [-0.25, -0.2) is 4.98 Å². The van der Waals surface area contributed by atoms with Gasteiger partial charge >= 0.3 is 0 Å². The average Bonchev–Trinajstić information content (AvgIpc) is 3.11. The molecule has 1 N–H and O–H groups in total. The van der Waals surface area contributed by atoms with Gasteiger partial charge in [-0.2, -0.15) is 0 Å². The Hall–Kier alpha value is -2.38. The topological polar surface area (TPSA) is 68.6 Å². The highest BCUT2D eigenvalue weighted by molar-refractivity contribution is 5.39. The molecule has 3 heterocycles. The van der Waals surface area contributed by atoms with Crippen LogP contribution in [0.25, 0.3) is 0 Å². The van der Waals surface area contributed by atoms with E-state index in [0.717, 1.165) is 38.4 Å². The first kappa shape index (κ1) is 17.1. The zero-order valence-corrected chi connectivity index (χ0v) is 15.0. The minimum absolute atomic E-state index is 0.0354. The molecule has 0 saturated carbocycles. The highest BCUT2D eigenvalue weighted by Gasteiger charge is 2.21. The molecule has 7 heteroatoms. The second-order valence-electron chi connectivity index (χ2n) is 6.84. The van der Waals surface area contributed by atoms with Gasteiger partial charge in [0.1, 0.15) is 5.75 Å². The van der Waals surface area contributed by atoms with E-state index in [1.165, 1.54) is 15.7 Å². The van der Waals surface area contributed by atoms with Crippen molar-refractivity contribution in [2.75, 3.05) is 38.2 Å². The molecule has 0 spiro atoms. The van der Waals surface area contributed by atoms with Crippen LogP contribution >= 0.6 is 0 Å². The summed E-state index contributed by atoms with van der Waals surface area (Å²) in [4.78, 5) is 18.5. The molecule has 26 heavy (non-hydrogen) atoms. The number of aromatic nitrogens is 2. The lowest BCUT2D eigenvalue weighted by atomic mass is 10.1. The summed E-state index contributed by atoms with van der Waals surface area (Å²) in [6.07, 6.45) is 4.30. The maximum atomic E-state index is 12.0. The molecule has 2 aliphatic heterocycles. The molecular formula is C19H24N4O3. The first-order chi connectivity index (χ1) is 12.7. The van der Waals surface area contributed by atoms with Crippen LogP contribution in [0, 0.1) is 0 Å². The van der Waals surface area contributed by atoms with Crippen LogP contribution in [-0.4, -0.2) is 53.4 Å². The quantitative estimate of drug-likeness (QED) is 0.863. The monoisotopic (exact) mass is 356 g/mol. The summed E-state index contributed by atoms with van der Waals surface area (Å²) in [5, 5.41) is 3.13. The minimum Gasteiger partial charge on any atom is -0.493 e. The third-order valence-electron chi connectivity index (χ3n) is 4.90. The second kappa shape index (κ2) is 7.47. The van der Waals surface area contributed by atoms with Gasteiger partial charge < -0.3 is 19.4 Å². The van der Waals surface area contributed by atoms with E-state index >= 15 is 0 Å². The van der Waals surface area contributed by atoms with Crippen molar-refractivity contribution in [3.05, 3.63) is 52.1 Å². The Morgan fingerprint density at radius 2 is 2.27 bits per heavy atom. The van der Waals surface area contributed by atoms with Crippen LogP contribution in [0.1, 0.15) is 11.1 Å². The highest BCUT2D eigenvalue weighted by atomic mass is 16.5. The van der Waals surface area contributed by atoms with Gasteiger partial charge in [-0.05, 0) is 17.2 Å². The molecule has 0 aliphatic carbocycles. The normalized spacial score (nSPS) is 19.8. The number of hydrogen-bond acceptors (Lipinski definition) is 6. The maximum absolute atomic E-state index is 12.0. The van der Waals surface area contributed by atoms with Crippen molar-refractivity contribution in [3.8, 4) is 5.75 Å². The number of aryl methyl sites for hydroxylation is 1. The van der Waals surface area contributed by atoms with Gasteiger partial charge in [-0.1, -0.05) is 12.1 Å². The van der Waals surface area contributed by atoms with Crippen molar-refractivity contribution < 1.29 is 9.47 Å². The molecule has 2 aromatic rings. The highest BCUT2D eigenvalue weighted by Crippen LogP contribution is 2.26. The number of ether oxygens (including phenoxy) is 2. The lowest BCUT2D eigenvalue weighted by molar-refractivity contribution is -0.0240. The number of rotatable bonds is 5. The van der Waals surface area contributed by atoms with Crippen molar-refractivity contribution in [1.82, 2.24) is 14.5 Å². The molecule has 4 rings (SSSR count). The summed E-state index contributed by atoms with van der Waals surface area (Å²) in [6.45, 7) is 4.69. The van der Waals surface area contributed by atoms with Gasteiger partial charge in [0.25, 0.3) is 5.56 Å². The van der Waals surface area contributed by atoms with Crippen LogP contribution in [-0.2, 0) is 24.8 Å². The van der Waals surface area contributed by atoms with Crippen molar-refractivity contribution in [2.45, 2.75) is 19.1 Å². The van der Waals surface area contributed by atoms with Crippen molar-refractivity contribution in [1.29, 1.82) is 0 Å². The fraction of sp³-hybridized carbons (Fsp3) is 0.474. The fourth-order valence-electron chi connectivity index (χ4n) is 3.47. The molecule has 1 saturated heterocycles. The molecular weight excluding hydrogens is 332 g/mol. The van der Waals surface area contributed by atoms with Gasteiger partial charge in [-0.15, -0.1) is 0 Å². The van der Waals surface area contributed by atoms with Crippen LogP contribution in [0.3, 0.4) is 0 Å². The second-order valence-corrected chi connectivity index (χ2v) is 6.84. The third-order valence-corrected chi connectivity index (χ3v) is 4.90. The number of morpholine rings is 1. The molecule has 1 unspecified atom stereocenters. The fourth-order valence-corrected chi connectivity index (χ4v) is 3.47. The van der Waals surface area contributed by atoms with Crippen molar-refractivity contribution >= 4 is 5.82 Å². The average molecular weight is 356 g/mol. The van der Waals surface area contributed by atoms with Gasteiger partial charge in [-0.3, -0.25) is 9.69 Å². The SMILES string of the molecule is Cn1ccnc(NCC2CN(Cc3ccc4c(c3)CCO4)CCO2)c1=O. The molecule has 1 fully saturated rings. The Morgan fingerprint density at radius 1 is 1.35 bits per heavy atom. The summed E-state index contributed by atoms with van der Waals surface area (Å²) >= 11 is 0. The third kappa shape index (κ3) is 3.73. The van der Waals surface area contributed by atoms with E-state index in [4.69, 9.17) is 9.47 Å². The predicted octanol–water partition coefficient (Wildman–Crippen LogP) is 1.03. The molecule has 1 atom stereocenters. The summed E-state index contributed by atoms with van der Waals surface area (Å²) in [5.74, 6) is 1.39. The number of hydrogen-bond donors (Lipinski definition) is 1. The number of nitrogens with zero attached hydrogens (tertiary/aromatic N) is 3. The number of fused-ring (bicyclic) bond motifs is 1. The summed E-state index contributed by atoms with van der Waals surface area (Å²) in [5.41, 5.74) is 2.49. The number of benzene rings is 1. The molecule has 7 nitrogen and oxygen atoms in total. The lowest BCUT2D eigenvalue weighted by Gasteiger charge is -2.33. The van der Waals surface area contributed by atoms with Gasteiger partial charge in [0, 0.05) is 52.0 Å². The van der Waals surface area contributed by atoms with E-state index in [-0.39, 0.29) is 11.7 Å². The first-order valence-electron chi connectivity index (χ1n) is 9.03. The summed E-state index contributed by atoms with van der Waals surface area (Å²) < 4.78 is 12.9. The molecule has 0 radical (unpaired) electrons. The maximum Gasteiger partial charge on any atom is 0.293 e. The van der Waals surface area contributed by atoms with Crippen molar-refractivity contribution in [2.24, 2.45) is 7.05 Å². The number of anilines is 1. The summed E-state index contributed by atoms with van der Waals surface area (Å²) in [7, 11) is 1.72. The van der Waals surface area contributed by atoms with Crippen LogP contribution < -0.4 is 15.6 Å². The van der Waals surface area contributed by atoms with E-state index in [1.54, 1.807) is 19.4 Å². The van der Waals surface area contributed by atoms with Gasteiger partial charge in [0.05, 0.1) is 19.3 Å². The predicted molar refractivity (Wildman–Crippen MR) is 98.6 cm³/mol. The number of nitrogens with one attached hydrogen (secondary N) is 1. The first-order valence-corrected chi connectivity index (χ1v) is 9.03. The van der Waals surface area contributed by atoms with Gasteiger partial charge in [0.2, 0.25) is 0 Å². The Bertz CT molecular complexity index is 836. The summed E-state index contributed by atoms with van der Waals surface area (Å²) in [6, 6.07) is 6.47. The van der Waals surface area contributed by atoms with E-state index < -0.39 is 0 Å². The van der Waals surface area contributed by atoms with E-state index in [9.17, 15) is 4.79 Å². The zero-order chi connectivity index (χ0) is 17.9. The molecule has 138 valence electrons. The van der Waals surface area contributed by atoms with Crippen LogP contribution in [0.4, 0.5) is 5.82 Å². The molecule has 1 aromatic heterocycles. The van der Waals surface area contributed by atoms with E-state index in [0.29, 0.717) is 19.0 Å². The van der Waals surface area contributed by atoms with Crippen molar-refractivity contribution in [3.63, 3.8) is 0 Å². The Kier molecular flexibility index (Phi) is 4.90. The molecule has 1 aromatic carbocycles. The standard InChI is InChI=1S/C19H24N4O3/c1-22-6-5-20-18(19(22)24)21-11-16-13-23(7-9-25-16)12-14-2-3-17-15(10-14)4-8-26-17/h2-3,5-6,10,16H,4,7-9,11-13H2,1H3,(H,20,21). The molecule has 0 amide bonds. The minimum atomic E-state index is -0.125. The largest absolute Gasteiger partial charge is 0.493 e. The Balaban J connectivity index is 1.34. The zero-order valence-electron chi connectivity index (χ0n) is 15.0. The lowest BCUT2D eigenvalue weighted by Crippen LogP contribution is -2.45. The molecule has 2 aliphatic rings. The Morgan fingerprint density at radius 3 is 3.19 bits per heavy atom. The molecule has 0 bridgehead atoms. The van der Waals surface area contributed by atoms with E-state index in [1.807, 2.05) is 0 Å². The van der Waals surface area contributed by atoms with Gasteiger partial charge in [0.15, 0.2) is 5.82 Å². The smallest absolute Gasteiger partial charge is 0.293 e.